The van der Waals surface area contributed by atoms with Crippen molar-refractivity contribution in [3.8, 4) is 39.2 Å². The first-order valence-corrected chi connectivity index (χ1v) is 19.4. The third kappa shape index (κ3) is 4.91. The van der Waals surface area contributed by atoms with Crippen molar-refractivity contribution in [1.82, 2.24) is 4.57 Å². The third-order valence-electron chi connectivity index (χ3n) is 11.8. The first kappa shape index (κ1) is 32.3. The lowest BCUT2D eigenvalue weighted by molar-refractivity contribution is 0.663. The standard InChI is InChI=1S/C53H38N2O/c1-53(2)46-21-11-9-19-44(46)51-50(53)45-34-38(28-33-47(45)55(51)48-22-13-20-43-42-18-10-12-23-49(42)56-52(43)48)37-26-31-41(32-27-37)54(39-16-7-4-8-17-39)40-29-24-36(25-30-40)35-14-5-3-6-15-35/h3-34H,1-2H3. The van der Waals surface area contributed by atoms with E-state index in [1.807, 2.05) is 6.07 Å². The van der Waals surface area contributed by atoms with Crippen molar-refractivity contribution in [2.24, 2.45) is 0 Å². The number of nitrogens with zero attached hydrogens (tertiary/aromatic N) is 2. The van der Waals surface area contributed by atoms with Crippen molar-refractivity contribution < 1.29 is 4.42 Å². The number of hydrogen-bond acceptors (Lipinski definition) is 2. The van der Waals surface area contributed by atoms with E-state index in [2.05, 4.69) is 211 Å². The zero-order valence-electron chi connectivity index (χ0n) is 31.3. The van der Waals surface area contributed by atoms with E-state index in [-0.39, 0.29) is 5.41 Å². The van der Waals surface area contributed by atoms with Crippen LogP contribution in [-0.4, -0.2) is 4.57 Å². The highest BCUT2D eigenvalue weighted by Crippen LogP contribution is 2.54. The SMILES string of the molecule is CC1(C)c2ccccc2-c2c1c1cc(-c3ccc(N(c4ccccc4)c4ccc(-c5ccccc5)cc4)cc3)ccc1n2-c1cccc2c1oc1ccccc12. The van der Waals surface area contributed by atoms with Gasteiger partial charge in [0.15, 0.2) is 5.58 Å². The normalized spacial score (nSPS) is 13.0. The topological polar surface area (TPSA) is 21.3 Å². The Morgan fingerprint density at radius 2 is 1.04 bits per heavy atom. The van der Waals surface area contributed by atoms with E-state index in [9.17, 15) is 0 Å². The predicted octanol–water partition coefficient (Wildman–Crippen LogP) is 14.6. The number of hydrogen-bond donors (Lipinski definition) is 0. The molecule has 3 nitrogen and oxygen atoms in total. The molecule has 1 aliphatic rings. The Kier molecular flexibility index (Phi) is 7.20. The van der Waals surface area contributed by atoms with Crippen LogP contribution in [0.1, 0.15) is 25.0 Å². The number of anilines is 3. The monoisotopic (exact) mass is 718 g/mol. The smallest absolute Gasteiger partial charge is 0.159 e. The summed E-state index contributed by atoms with van der Waals surface area (Å²) >= 11 is 0. The summed E-state index contributed by atoms with van der Waals surface area (Å²) in [7, 11) is 0. The molecule has 0 radical (unpaired) electrons. The summed E-state index contributed by atoms with van der Waals surface area (Å²) in [6.07, 6.45) is 0. The molecule has 56 heavy (non-hydrogen) atoms. The van der Waals surface area contributed by atoms with Gasteiger partial charge in [0, 0.05) is 44.2 Å². The molecule has 0 N–H and O–H groups in total. The Morgan fingerprint density at radius 1 is 0.464 bits per heavy atom. The summed E-state index contributed by atoms with van der Waals surface area (Å²) in [5.41, 5.74) is 17.2. The van der Waals surface area contributed by atoms with Crippen LogP contribution in [-0.2, 0) is 5.41 Å². The van der Waals surface area contributed by atoms with Crippen LogP contribution in [0.3, 0.4) is 0 Å². The van der Waals surface area contributed by atoms with Crippen molar-refractivity contribution in [3.05, 3.63) is 205 Å². The van der Waals surface area contributed by atoms with E-state index in [1.54, 1.807) is 0 Å². The summed E-state index contributed by atoms with van der Waals surface area (Å²) in [6, 6.07) is 69.8. The van der Waals surface area contributed by atoms with Gasteiger partial charge in [-0.1, -0.05) is 147 Å². The number of aromatic nitrogens is 1. The van der Waals surface area contributed by atoms with E-state index >= 15 is 0 Å². The van der Waals surface area contributed by atoms with Crippen LogP contribution < -0.4 is 4.90 Å². The Hall–Kier alpha value is -7.10. The van der Waals surface area contributed by atoms with Crippen molar-refractivity contribution in [3.63, 3.8) is 0 Å². The first-order valence-electron chi connectivity index (χ1n) is 19.4. The molecule has 3 heteroatoms. The van der Waals surface area contributed by atoms with Gasteiger partial charge in [-0.05, 0) is 94.0 Å². The Bertz CT molecular complexity index is 3080. The first-order chi connectivity index (χ1) is 27.5. The fourth-order valence-electron chi connectivity index (χ4n) is 9.15. The van der Waals surface area contributed by atoms with Gasteiger partial charge in [0.2, 0.25) is 0 Å². The number of furan rings is 1. The van der Waals surface area contributed by atoms with Gasteiger partial charge in [-0.3, -0.25) is 0 Å². The maximum Gasteiger partial charge on any atom is 0.159 e. The van der Waals surface area contributed by atoms with Gasteiger partial charge in [-0.15, -0.1) is 0 Å². The van der Waals surface area contributed by atoms with Crippen LogP contribution in [0, 0.1) is 0 Å². The highest BCUT2D eigenvalue weighted by Gasteiger charge is 2.41. The summed E-state index contributed by atoms with van der Waals surface area (Å²) in [5, 5.41) is 3.53. The molecule has 0 spiro atoms. The maximum absolute atomic E-state index is 6.64. The number of rotatable bonds is 6. The van der Waals surface area contributed by atoms with Crippen molar-refractivity contribution in [2.75, 3.05) is 4.90 Å². The fraction of sp³-hybridized carbons (Fsp3) is 0.0566. The van der Waals surface area contributed by atoms with Crippen molar-refractivity contribution >= 4 is 49.9 Å². The lowest BCUT2D eigenvalue weighted by Crippen LogP contribution is -2.14. The summed E-state index contributed by atoms with van der Waals surface area (Å²) in [5.74, 6) is 0. The van der Waals surface area contributed by atoms with E-state index in [1.165, 1.54) is 55.5 Å². The molecule has 2 aromatic heterocycles. The molecule has 0 atom stereocenters. The predicted molar refractivity (Wildman–Crippen MR) is 234 cm³/mol. The second-order valence-corrected chi connectivity index (χ2v) is 15.3. The molecule has 0 fully saturated rings. The average molecular weight is 719 g/mol. The van der Waals surface area contributed by atoms with Crippen LogP contribution in [0.5, 0.6) is 0 Å². The third-order valence-corrected chi connectivity index (χ3v) is 11.8. The molecule has 0 saturated carbocycles. The zero-order chi connectivity index (χ0) is 37.4. The summed E-state index contributed by atoms with van der Waals surface area (Å²) < 4.78 is 9.10. The molecule has 10 aromatic rings. The Balaban J connectivity index is 1.04. The minimum Gasteiger partial charge on any atom is -0.454 e. The number of fused-ring (bicyclic) bond motifs is 8. The van der Waals surface area contributed by atoms with Crippen LogP contribution >= 0.6 is 0 Å². The van der Waals surface area contributed by atoms with E-state index in [0.29, 0.717) is 0 Å². The lowest BCUT2D eigenvalue weighted by atomic mass is 9.81. The van der Waals surface area contributed by atoms with Gasteiger partial charge < -0.3 is 13.9 Å². The molecule has 1 aliphatic carbocycles. The highest BCUT2D eigenvalue weighted by atomic mass is 16.3. The van der Waals surface area contributed by atoms with E-state index < -0.39 is 0 Å². The van der Waals surface area contributed by atoms with Gasteiger partial charge >= 0.3 is 0 Å². The minimum atomic E-state index is -0.189. The molecular weight excluding hydrogens is 681 g/mol. The number of para-hydroxylation sites is 3. The second kappa shape index (κ2) is 12.5. The molecule has 11 rings (SSSR count). The lowest BCUT2D eigenvalue weighted by Gasteiger charge is -2.26. The van der Waals surface area contributed by atoms with Gasteiger partial charge in [0.25, 0.3) is 0 Å². The maximum atomic E-state index is 6.64. The second-order valence-electron chi connectivity index (χ2n) is 15.3. The van der Waals surface area contributed by atoms with Gasteiger partial charge in [0.1, 0.15) is 5.58 Å². The molecule has 0 saturated heterocycles. The molecule has 0 aliphatic heterocycles. The molecule has 2 heterocycles. The van der Waals surface area contributed by atoms with Crippen LogP contribution in [0.4, 0.5) is 17.1 Å². The molecule has 8 aromatic carbocycles. The quantitative estimate of drug-likeness (QED) is 0.171. The number of benzene rings is 8. The average Bonchev–Trinajstić information content (AvgIpc) is 3.88. The van der Waals surface area contributed by atoms with Crippen LogP contribution in [0.2, 0.25) is 0 Å². The fourth-order valence-corrected chi connectivity index (χ4v) is 9.15. The van der Waals surface area contributed by atoms with E-state index in [4.69, 9.17) is 4.42 Å². The van der Waals surface area contributed by atoms with Crippen molar-refractivity contribution in [1.29, 1.82) is 0 Å². The van der Waals surface area contributed by atoms with Gasteiger partial charge in [-0.25, -0.2) is 0 Å². The Morgan fingerprint density at radius 3 is 1.79 bits per heavy atom. The summed E-state index contributed by atoms with van der Waals surface area (Å²) in [6.45, 7) is 4.74. The molecule has 0 unspecified atom stereocenters. The summed E-state index contributed by atoms with van der Waals surface area (Å²) in [4.78, 5) is 2.33. The Labute approximate surface area is 326 Å². The molecular formula is C53H38N2O. The van der Waals surface area contributed by atoms with Gasteiger partial charge in [-0.2, -0.15) is 0 Å². The van der Waals surface area contributed by atoms with E-state index in [0.717, 1.165) is 44.7 Å². The zero-order valence-corrected chi connectivity index (χ0v) is 31.3. The largest absolute Gasteiger partial charge is 0.454 e. The molecule has 0 bridgehead atoms. The highest BCUT2D eigenvalue weighted by molar-refractivity contribution is 6.09. The molecule has 266 valence electrons. The van der Waals surface area contributed by atoms with Crippen molar-refractivity contribution in [2.45, 2.75) is 19.3 Å². The van der Waals surface area contributed by atoms with Gasteiger partial charge in [0.05, 0.1) is 16.9 Å². The minimum absolute atomic E-state index is 0.189. The van der Waals surface area contributed by atoms with Crippen LogP contribution in [0.25, 0.3) is 72.0 Å². The van der Waals surface area contributed by atoms with Crippen LogP contribution in [0.15, 0.2) is 199 Å². The molecule has 0 amide bonds.